The van der Waals surface area contributed by atoms with Gasteiger partial charge in [0.15, 0.2) is 6.04 Å². The molecule has 9 nitrogen and oxygen atoms in total. The van der Waals surface area contributed by atoms with E-state index in [0.717, 1.165) is 43.7 Å². The minimum absolute atomic E-state index is 0.0754. The van der Waals surface area contributed by atoms with E-state index in [4.69, 9.17) is 0 Å². The van der Waals surface area contributed by atoms with Crippen molar-refractivity contribution in [1.29, 1.82) is 0 Å². The summed E-state index contributed by atoms with van der Waals surface area (Å²) < 4.78 is 0. The number of aromatic nitrogens is 1. The maximum absolute atomic E-state index is 12.5. The molecule has 1 atom stereocenters. The summed E-state index contributed by atoms with van der Waals surface area (Å²) in [4.78, 5) is 39.9. The zero-order valence-corrected chi connectivity index (χ0v) is 17.9. The maximum Gasteiger partial charge on any atom is 0.329 e. The first kappa shape index (κ1) is 23.0. The van der Waals surface area contributed by atoms with Crippen molar-refractivity contribution in [3.8, 4) is 0 Å². The fourth-order valence-corrected chi connectivity index (χ4v) is 4.43. The van der Waals surface area contributed by atoms with E-state index in [1.54, 1.807) is 0 Å². The van der Waals surface area contributed by atoms with Crippen LogP contribution in [-0.4, -0.2) is 57.7 Å². The number of carbonyl (C=O) groups excluding carboxylic acids is 2. The highest BCUT2D eigenvalue weighted by atomic mass is 16.4. The van der Waals surface area contributed by atoms with Gasteiger partial charge in [0.25, 0.3) is 0 Å². The molecule has 0 aromatic carbocycles. The van der Waals surface area contributed by atoms with E-state index < -0.39 is 23.5 Å². The zero-order valence-electron chi connectivity index (χ0n) is 17.9. The average Bonchev–Trinajstić information content (AvgIpc) is 2.75. The lowest BCUT2D eigenvalue weighted by atomic mass is 9.74. The Kier molecular flexibility index (Phi) is 7.48. The monoisotopic (exact) mass is 432 g/mol. The molecule has 1 fully saturated rings. The summed E-state index contributed by atoms with van der Waals surface area (Å²) >= 11 is 0. The lowest BCUT2D eigenvalue weighted by Gasteiger charge is -2.39. The summed E-state index contributed by atoms with van der Waals surface area (Å²) in [5, 5.41) is 28.7. The third-order valence-electron chi connectivity index (χ3n) is 6.21. The minimum atomic E-state index is -1.54. The highest BCUT2D eigenvalue weighted by Gasteiger charge is 2.45. The minimum Gasteiger partial charge on any atom is -0.480 e. The number of aryl methyl sites for hydroxylation is 2. The molecule has 0 saturated heterocycles. The number of nitrogens with one attached hydrogen (secondary N) is 3. The van der Waals surface area contributed by atoms with Crippen LogP contribution in [0.25, 0.3) is 0 Å². The fraction of sp³-hybridized carbons (Fsp3) is 0.636. The first-order valence-corrected chi connectivity index (χ1v) is 11.0. The van der Waals surface area contributed by atoms with Crippen LogP contribution in [0.5, 0.6) is 0 Å². The number of nitrogens with zero attached hydrogens (tertiary/aromatic N) is 1. The van der Waals surface area contributed by atoms with E-state index in [1.807, 2.05) is 6.07 Å². The van der Waals surface area contributed by atoms with E-state index in [2.05, 4.69) is 27.0 Å². The number of aliphatic carboxylic acids is 1. The average molecular weight is 433 g/mol. The number of carboxylic acids is 1. The molecular formula is C22H32N4O5. The Morgan fingerprint density at radius 2 is 2.03 bits per heavy atom. The van der Waals surface area contributed by atoms with Gasteiger partial charge in [0.1, 0.15) is 5.82 Å². The van der Waals surface area contributed by atoms with E-state index in [-0.39, 0.29) is 24.7 Å². The van der Waals surface area contributed by atoms with Gasteiger partial charge in [0.05, 0.1) is 5.60 Å². The van der Waals surface area contributed by atoms with E-state index in [1.165, 1.54) is 12.5 Å². The Balaban J connectivity index is 1.42. The van der Waals surface area contributed by atoms with Crippen molar-refractivity contribution in [2.24, 2.45) is 5.92 Å². The highest BCUT2D eigenvalue weighted by Crippen LogP contribution is 2.35. The van der Waals surface area contributed by atoms with Crippen molar-refractivity contribution in [1.82, 2.24) is 15.6 Å². The number of amides is 2. The van der Waals surface area contributed by atoms with Gasteiger partial charge in [-0.25, -0.2) is 9.78 Å². The van der Waals surface area contributed by atoms with Crippen LogP contribution in [0.1, 0.15) is 56.7 Å². The molecule has 1 aromatic rings. The molecule has 1 unspecified atom stereocenters. The number of carbonyl (C=O) groups is 3. The molecule has 31 heavy (non-hydrogen) atoms. The van der Waals surface area contributed by atoms with Crippen LogP contribution in [-0.2, 0) is 27.2 Å². The number of carboxylic acid groups (broad SMARTS) is 1. The van der Waals surface area contributed by atoms with Gasteiger partial charge in [0.2, 0.25) is 11.8 Å². The topological polar surface area (TPSA) is 141 Å². The third kappa shape index (κ3) is 5.94. The second kappa shape index (κ2) is 10.1. The van der Waals surface area contributed by atoms with Crippen LogP contribution in [0.15, 0.2) is 12.1 Å². The Labute approximate surface area is 182 Å². The number of aliphatic hydroxyl groups is 1. The Hall–Kier alpha value is -2.68. The van der Waals surface area contributed by atoms with Crippen LogP contribution >= 0.6 is 0 Å². The van der Waals surface area contributed by atoms with Crippen molar-refractivity contribution in [2.75, 3.05) is 18.4 Å². The number of pyridine rings is 1. The molecule has 9 heteroatoms. The standard InChI is InChI=1S/C22H32N4O5/c1-14(27)25-18(21(29)30)22(31)10-8-16(9-11-22)20(28)24-13-3-5-17-7-6-15-4-2-12-23-19(15)26-17/h6-7,16,18,31H,2-5,8-13H2,1H3,(H,23,26)(H,24,28)(H,25,27)(H,29,30)/t16-,18?,22+. The van der Waals surface area contributed by atoms with Gasteiger partial charge in [-0.2, -0.15) is 0 Å². The van der Waals surface area contributed by atoms with Crippen LogP contribution in [0.3, 0.4) is 0 Å². The van der Waals surface area contributed by atoms with Gasteiger partial charge < -0.3 is 26.2 Å². The van der Waals surface area contributed by atoms with Gasteiger partial charge in [-0.15, -0.1) is 0 Å². The molecule has 2 aliphatic rings. The summed E-state index contributed by atoms with van der Waals surface area (Å²) in [7, 11) is 0. The maximum atomic E-state index is 12.5. The van der Waals surface area contributed by atoms with Crippen molar-refractivity contribution in [3.05, 3.63) is 23.4 Å². The van der Waals surface area contributed by atoms with Crippen LogP contribution in [0, 0.1) is 5.92 Å². The molecule has 2 heterocycles. The van der Waals surface area contributed by atoms with Gasteiger partial charge in [-0.05, 0) is 63.0 Å². The largest absolute Gasteiger partial charge is 0.480 e. The van der Waals surface area contributed by atoms with Crippen LogP contribution < -0.4 is 16.0 Å². The summed E-state index contributed by atoms with van der Waals surface area (Å²) in [6.07, 6.45) is 4.79. The predicted molar refractivity (Wildman–Crippen MR) is 115 cm³/mol. The zero-order chi connectivity index (χ0) is 22.4. The van der Waals surface area contributed by atoms with Crippen LogP contribution in [0.4, 0.5) is 5.82 Å². The SMILES string of the molecule is CC(=O)NC(C(=O)O)[C@]1(O)CC[C@@H](C(=O)NCCCc2ccc3c(n2)NCCC3)CC1. The molecular weight excluding hydrogens is 400 g/mol. The number of hydrogen-bond donors (Lipinski definition) is 5. The third-order valence-corrected chi connectivity index (χ3v) is 6.21. The summed E-state index contributed by atoms with van der Waals surface area (Å²) in [6.45, 7) is 2.71. The summed E-state index contributed by atoms with van der Waals surface area (Å²) in [5.41, 5.74) is 0.715. The molecule has 5 N–H and O–H groups in total. The van der Waals surface area contributed by atoms with E-state index in [0.29, 0.717) is 19.4 Å². The van der Waals surface area contributed by atoms with Crippen LogP contribution in [0.2, 0.25) is 0 Å². The summed E-state index contributed by atoms with van der Waals surface area (Å²) in [5.74, 6) is -1.15. The van der Waals surface area contributed by atoms with Gasteiger partial charge >= 0.3 is 5.97 Å². The lowest BCUT2D eigenvalue weighted by molar-refractivity contribution is -0.153. The Morgan fingerprint density at radius 1 is 1.29 bits per heavy atom. The molecule has 1 saturated carbocycles. The molecule has 170 valence electrons. The second-order valence-electron chi connectivity index (χ2n) is 8.58. The molecule has 0 bridgehead atoms. The van der Waals surface area contributed by atoms with E-state index in [9.17, 15) is 24.6 Å². The molecule has 1 aliphatic heterocycles. The molecule has 1 aromatic heterocycles. The van der Waals surface area contributed by atoms with E-state index >= 15 is 0 Å². The first-order chi connectivity index (χ1) is 14.8. The number of fused-ring (bicyclic) bond motifs is 1. The van der Waals surface area contributed by atoms with Crippen molar-refractivity contribution >= 4 is 23.6 Å². The first-order valence-electron chi connectivity index (χ1n) is 11.0. The molecule has 2 amide bonds. The normalized spacial score (nSPS) is 23.7. The smallest absolute Gasteiger partial charge is 0.329 e. The van der Waals surface area contributed by atoms with Gasteiger partial charge in [0, 0.05) is 31.6 Å². The fourth-order valence-electron chi connectivity index (χ4n) is 4.43. The van der Waals surface area contributed by atoms with Crippen molar-refractivity contribution in [3.63, 3.8) is 0 Å². The number of anilines is 1. The quantitative estimate of drug-likeness (QED) is 0.386. The number of hydrogen-bond acceptors (Lipinski definition) is 6. The number of rotatable bonds is 8. The van der Waals surface area contributed by atoms with Crippen molar-refractivity contribution < 1.29 is 24.6 Å². The Morgan fingerprint density at radius 3 is 2.71 bits per heavy atom. The van der Waals surface area contributed by atoms with Gasteiger partial charge in [-0.1, -0.05) is 6.07 Å². The van der Waals surface area contributed by atoms with Crippen molar-refractivity contribution in [2.45, 2.75) is 69.9 Å². The molecule has 0 spiro atoms. The molecule has 1 aliphatic carbocycles. The summed E-state index contributed by atoms with van der Waals surface area (Å²) in [6, 6.07) is 2.80. The second-order valence-corrected chi connectivity index (χ2v) is 8.58. The highest BCUT2D eigenvalue weighted by molar-refractivity contribution is 5.83. The molecule has 3 rings (SSSR count). The lowest BCUT2D eigenvalue weighted by Crippen LogP contribution is -2.58. The Bertz CT molecular complexity index is 820. The van der Waals surface area contributed by atoms with Gasteiger partial charge in [-0.3, -0.25) is 9.59 Å². The molecule has 0 radical (unpaired) electrons. The predicted octanol–water partition coefficient (Wildman–Crippen LogP) is 0.999.